The average molecular weight is 182 g/mol. The van der Waals surface area contributed by atoms with Crippen molar-refractivity contribution < 1.29 is 4.74 Å². The molecule has 1 aromatic rings. The van der Waals surface area contributed by atoms with Gasteiger partial charge in [0.2, 0.25) is 0 Å². The highest BCUT2D eigenvalue weighted by Gasteiger charge is 1.97. The van der Waals surface area contributed by atoms with Gasteiger partial charge in [-0.15, -0.1) is 11.8 Å². The summed E-state index contributed by atoms with van der Waals surface area (Å²) in [6.07, 6.45) is 2.32. The Bertz CT molecular complexity index is 245. The van der Waals surface area contributed by atoms with Gasteiger partial charge in [0.05, 0.1) is 6.10 Å². The molecule has 0 aromatic heterocycles. The van der Waals surface area contributed by atoms with Gasteiger partial charge in [-0.2, -0.15) is 0 Å². The molecule has 1 aromatic carbocycles. The van der Waals surface area contributed by atoms with E-state index in [0.717, 1.165) is 5.75 Å². The first-order chi connectivity index (χ1) is 5.72. The number of ether oxygens (including phenoxy) is 1. The second-order valence-electron chi connectivity index (χ2n) is 2.85. The molecule has 0 heterocycles. The lowest BCUT2D eigenvalue weighted by Crippen LogP contribution is -2.05. The molecule has 0 spiro atoms. The fourth-order valence-electron chi connectivity index (χ4n) is 0.947. The minimum Gasteiger partial charge on any atom is -0.491 e. The third kappa shape index (κ3) is 2.78. The van der Waals surface area contributed by atoms with Gasteiger partial charge in [-0.25, -0.2) is 0 Å². The van der Waals surface area contributed by atoms with E-state index in [-0.39, 0.29) is 6.10 Å². The second kappa shape index (κ2) is 4.41. The molecule has 0 atom stereocenters. The summed E-state index contributed by atoms with van der Waals surface area (Å²) in [5.74, 6) is 0.955. The lowest BCUT2D eigenvalue weighted by Gasteiger charge is -2.09. The standard InChI is InChI=1S/C10H14OS/c1-8(2)11-9-5-4-6-10(7-9)12-3/h4-8H,1-3H3. The maximum Gasteiger partial charge on any atom is 0.120 e. The van der Waals surface area contributed by atoms with Crippen molar-refractivity contribution in [1.82, 2.24) is 0 Å². The van der Waals surface area contributed by atoms with Gasteiger partial charge in [-0.3, -0.25) is 0 Å². The van der Waals surface area contributed by atoms with Crippen LogP contribution in [0, 0.1) is 0 Å². The van der Waals surface area contributed by atoms with Crippen LogP contribution in [0.15, 0.2) is 29.2 Å². The van der Waals surface area contributed by atoms with Crippen molar-refractivity contribution in [3.8, 4) is 5.75 Å². The zero-order valence-corrected chi connectivity index (χ0v) is 8.52. The summed E-state index contributed by atoms with van der Waals surface area (Å²) in [7, 11) is 0. The summed E-state index contributed by atoms with van der Waals surface area (Å²) in [5.41, 5.74) is 0. The van der Waals surface area contributed by atoms with Crippen LogP contribution in [-0.2, 0) is 0 Å². The van der Waals surface area contributed by atoms with Gasteiger partial charge in [0.15, 0.2) is 0 Å². The Morgan fingerprint density at radius 1 is 1.33 bits per heavy atom. The zero-order valence-electron chi connectivity index (χ0n) is 7.70. The maximum absolute atomic E-state index is 5.54. The summed E-state index contributed by atoms with van der Waals surface area (Å²) in [6, 6.07) is 8.14. The van der Waals surface area contributed by atoms with Crippen LogP contribution in [0.3, 0.4) is 0 Å². The molecule has 1 rings (SSSR count). The summed E-state index contributed by atoms with van der Waals surface area (Å²) in [6.45, 7) is 4.07. The van der Waals surface area contributed by atoms with E-state index in [1.807, 2.05) is 26.0 Å². The minimum absolute atomic E-state index is 0.252. The predicted octanol–water partition coefficient (Wildman–Crippen LogP) is 3.20. The minimum atomic E-state index is 0.252. The first kappa shape index (κ1) is 9.46. The molecule has 0 radical (unpaired) electrons. The molecule has 1 nitrogen and oxygen atoms in total. The normalized spacial score (nSPS) is 10.3. The molecular formula is C10H14OS. The van der Waals surface area contributed by atoms with Gasteiger partial charge >= 0.3 is 0 Å². The average Bonchev–Trinajstić information content (AvgIpc) is 2.03. The number of hydrogen-bond donors (Lipinski definition) is 0. The molecule has 0 fully saturated rings. The molecule has 12 heavy (non-hydrogen) atoms. The van der Waals surface area contributed by atoms with Crippen molar-refractivity contribution in [3.05, 3.63) is 24.3 Å². The van der Waals surface area contributed by atoms with Crippen molar-refractivity contribution in [2.75, 3.05) is 6.26 Å². The molecule has 66 valence electrons. The van der Waals surface area contributed by atoms with E-state index in [1.165, 1.54) is 4.90 Å². The van der Waals surface area contributed by atoms with Crippen molar-refractivity contribution in [3.63, 3.8) is 0 Å². The van der Waals surface area contributed by atoms with Gasteiger partial charge < -0.3 is 4.74 Å². The molecular weight excluding hydrogens is 168 g/mol. The summed E-state index contributed by atoms with van der Waals surface area (Å²) < 4.78 is 5.54. The van der Waals surface area contributed by atoms with Crippen LogP contribution in [0.1, 0.15) is 13.8 Å². The van der Waals surface area contributed by atoms with E-state index in [0.29, 0.717) is 0 Å². The van der Waals surface area contributed by atoms with E-state index >= 15 is 0 Å². The Hall–Kier alpha value is -0.630. The summed E-state index contributed by atoms with van der Waals surface area (Å²) >= 11 is 1.73. The van der Waals surface area contributed by atoms with Gasteiger partial charge in [0.1, 0.15) is 5.75 Å². The Balaban J connectivity index is 2.72. The first-order valence-corrected chi connectivity index (χ1v) is 5.25. The molecule has 0 aliphatic rings. The van der Waals surface area contributed by atoms with Crippen LogP contribution >= 0.6 is 11.8 Å². The quantitative estimate of drug-likeness (QED) is 0.664. The predicted molar refractivity (Wildman–Crippen MR) is 54.0 cm³/mol. The Kier molecular flexibility index (Phi) is 3.48. The third-order valence-corrected chi connectivity index (χ3v) is 2.14. The topological polar surface area (TPSA) is 9.23 Å². The molecule has 0 saturated heterocycles. The number of benzene rings is 1. The Morgan fingerprint density at radius 3 is 2.67 bits per heavy atom. The van der Waals surface area contributed by atoms with Gasteiger partial charge in [-0.05, 0) is 38.3 Å². The highest BCUT2D eigenvalue weighted by Crippen LogP contribution is 2.21. The van der Waals surface area contributed by atoms with Crippen LogP contribution < -0.4 is 4.74 Å². The number of hydrogen-bond acceptors (Lipinski definition) is 2. The summed E-state index contributed by atoms with van der Waals surface area (Å²) in [5, 5.41) is 0. The van der Waals surface area contributed by atoms with Crippen LogP contribution in [0.25, 0.3) is 0 Å². The van der Waals surface area contributed by atoms with Crippen LogP contribution in [0.4, 0.5) is 0 Å². The zero-order chi connectivity index (χ0) is 8.97. The number of thioether (sulfide) groups is 1. The molecule has 0 bridgehead atoms. The van der Waals surface area contributed by atoms with Crippen molar-refractivity contribution >= 4 is 11.8 Å². The number of rotatable bonds is 3. The Labute approximate surface area is 78.1 Å². The lowest BCUT2D eigenvalue weighted by atomic mass is 10.3. The van der Waals surface area contributed by atoms with Crippen LogP contribution in [-0.4, -0.2) is 12.4 Å². The Morgan fingerprint density at radius 2 is 2.08 bits per heavy atom. The maximum atomic E-state index is 5.54. The van der Waals surface area contributed by atoms with E-state index in [2.05, 4.69) is 18.4 Å². The largest absolute Gasteiger partial charge is 0.491 e. The molecule has 2 heteroatoms. The van der Waals surface area contributed by atoms with Crippen LogP contribution in [0.2, 0.25) is 0 Å². The SMILES string of the molecule is CSc1cccc(OC(C)C)c1. The molecule has 0 unspecified atom stereocenters. The van der Waals surface area contributed by atoms with Crippen molar-refractivity contribution in [2.45, 2.75) is 24.8 Å². The van der Waals surface area contributed by atoms with E-state index in [4.69, 9.17) is 4.74 Å². The van der Waals surface area contributed by atoms with Crippen LogP contribution in [0.5, 0.6) is 5.75 Å². The smallest absolute Gasteiger partial charge is 0.120 e. The lowest BCUT2D eigenvalue weighted by molar-refractivity contribution is 0.242. The monoisotopic (exact) mass is 182 g/mol. The molecule has 0 saturated carbocycles. The van der Waals surface area contributed by atoms with Gasteiger partial charge in [0, 0.05) is 4.90 Å². The van der Waals surface area contributed by atoms with Gasteiger partial charge in [-0.1, -0.05) is 6.07 Å². The summed E-state index contributed by atoms with van der Waals surface area (Å²) in [4.78, 5) is 1.24. The molecule has 0 N–H and O–H groups in total. The highest BCUT2D eigenvalue weighted by atomic mass is 32.2. The van der Waals surface area contributed by atoms with E-state index in [9.17, 15) is 0 Å². The molecule has 0 aliphatic carbocycles. The third-order valence-electron chi connectivity index (χ3n) is 1.41. The van der Waals surface area contributed by atoms with E-state index in [1.54, 1.807) is 11.8 Å². The highest BCUT2D eigenvalue weighted by molar-refractivity contribution is 7.98. The van der Waals surface area contributed by atoms with Crippen molar-refractivity contribution in [1.29, 1.82) is 0 Å². The van der Waals surface area contributed by atoms with E-state index < -0.39 is 0 Å². The molecule has 0 amide bonds. The molecule has 0 aliphatic heterocycles. The van der Waals surface area contributed by atoms with Crippen molar-refractivity contribution in [2.24, 2.45) is 0 Å². The fraction of sp³-hybridized carbons (Fsp3) is 0.400. The van der Waals surface area contributed by atoms with Gasteiger partial charge in [0.25, 0.3) is 0 Å². The fourth-order valence-corrected chi connectivity index (χ4v) is 1.40. The first-order valence-electron chi connectivity index (χ1n) is 4.03. The second-order valence-corrected chi connectivity index (χ2v) is 3.73.